The molecule has 0 heterocycles. The Morgan fingerprint density at radius 1 is 1.08 bits per heavy atom. The van der Waals surface area contributed by atoms with Gasteiger partial charge in [0.1, 0.15) is 0 Å². The van der Waals surface area contributed by atoms with Crippen LogP contribution in [0.4, 0.5) is 13.2 Å². The first-order valence-corrected chi connectivity index (χ1v) is 4.31. The van der Waals surface area contributed by atoms with Crippen LogP contribution in [0.15, 0.2) is 0 Å². The zero-order chi connectivity index (χ0) is 10.3. The first-order chi connectivity index (χ1) is 5.95. The van der Waals surface area contributed by atoms with Crippen molar-refractivity contribution in [2.45, 2.75) is 44.4 Å². The summed E-state index contributed by atoms with van der Waals surface area (Å²) in [6, 6.07) is 0. The molecule has 13 heavy (non-hydrogen) atoms. The van der Waals surface area contributed by atoms with Crippen LogP contribution >= 0.6 is 0 Å². The number of hydrogen-bond donors (Lipinski definition) is 2. The Kier molecular flexibility index (Phi) is 6.07. The molecule has 0 aliphatic carbocycles. The molecule has 0 amide bonds. The molecule has 1 atom stereocenters. The van der Waals surface area contributed by atoms with E-state index in [9.17, 15) is 13.2 Å². The molecule has 0 saturated carbocycles. The summed E-state index contributed by atoms with van der Waals surface area (Å²) in [5.74, 6) is 0. The molecule has 0 radical (unpaired) electrons. The Morgan fingerprint density at radius 3 is 2.08 bits per heavy atom. The summed E-state index contributed by atoms with van der Waals surface area (Å²) in [6.45, 7) is -0.0314. The first kappa shape index (κ1) is 12.7. The minimum absolute atomic E-state index is 0.0314. The number of aliphatic hydroxyl groups is 2. The van der Waals surface area contributed by atoms with Crippen LogP contribution < -0.4 is 0 Å². The van der Waals surface area contributed by atoms with Crippen LogP contribution in [0.5, 0.6) is 0 Å². The number of alkyl halides is 3. The van der Waals surface area contributed by atoms with Crippen molar-refractivity contribution in [2.75, 3.05) is 6.61 Å². The predicted molar refractivity (Wildman–Crippen MR) is 42.2 cm³/mol. The Balaban J connectivity index is 3.31. The molecule has 0 aromatic carbocycles. The van der Waals surface area contributed by atoms with Crippen LogP contribution in [0.3, 0.4) is 0 Å². The molecule has 5 heteroatoms. The second-order valence-electron chi connectivity index (χ2n) is 3.03. The van der Waals surface area contributed by atoms with Crippen LogP contribution in [0, 0.1) is 0 Å². The maximum Gasteiger partial charge on any atom is 0.389 e. The van der Waals surface area contributed by atoms with Gasteiger partial charge in [0.15, 0.2) is 0 Å². The molecule has 0 aromatic heterocycles. The van der Waals surface area contributed by atoms with E-state index in [-0.39, 0.29) is 19.4 Å². The smallest absolute Gasteiger partial charge is 0.389 e. The Bertz CT molecular complexity index is 125. The molecular formula is C8H15F3O2. The topological polar surface area (TPSA) is 40.5 Å². The Morgan fingerprint density at radius 2 is 1.62 bits per heavy atom. The van der Waals surface area contributed by atoms with Crippen molar-refractivity contribution >= 4 is 0 Å². The fourth-order valence-electron chi connectivity index (χ4n) is 1.01. The number of hydrogen-bond acceptors (Lipinski definition) is 2. The second-order valence-corrected chi connectivity index (χ2v) is 3.03. The van der Waals surface area contributed by atoms with E-state index >= 15 is 0 Å². The lowest BCUT2D eigenvalue weighted by Gasteiger charge is -2.10. The van der Waals surface area contributed by atoms with E-state index < -0.39 is 18.7 Å². The average Bonchev–Trinajstić information content (AvgIpc) is 1.98. The molecule has 0 aliphatic heterocycles. The number of rotatable bonds is 6. The van der Waals surface area contributed by atoms with Gasteiger partial charge in [-0.2, -0.15) is 13.2 Å². The predicted octanol–water partition coefficient (Wildman–Crippen LogP) is 1.85. The van der Waals surface area contributed by atoms with Crippen molar-refractivity contribution in [3.8, 4) is 0 Å². The van der Waals surface area contributed by atoms with Gasteiger partial charge >= 0.3 is 6.18 Å². The molecule has 0 aliphatic rings. The third-order valence-corrected chi connectivity index (χ3v) is 1.69. The Labute approximate surface area is 75.4 Å². The van der Waals surface area contributed by atoms with Gasteiger partial charge in [0.2, 0.25) is 0 Å². The van der Waals surface area contributed by atoms with E-state index in [1.807, 2.05) is 0 Å². The second kappa shape index (κ2) is 6.21. The van der Waals surface area contributed by atoms with Crippen LogP contribution in [0.2, 0.25) is 0 Å². The van der Waals surface area contributed by atoms with Crippen molar-refractivity contribution in [2.24, 2.45) is 0 Å². The summed E-state index contributed by atoms with van der Waals surface area (Å²) >= 11 is 0. The molecule has 2 nitrogen and oxygen atoms in total. The zero-order valence-corrected chi connectivity index (χ0v) is 7.35. The van der Waals surface area contributed by atoms with E-state index in [0.29, 0.717) is 12.8 Å². The van der Waals surface area contributed by atoms with E-state index in [2.05, 4.69) is 0 Å². The normalized spacial score (nSPS) is 14.5. The van der Waals surface area contributed by atoms with Gasteiger partial charge in [-0.1, -0.05) is 0 Å². The molecule has 2 N–H and O–H groups in total. The number of halogens is 3. The highest BCUT2D eigenvalue weighted by molar-refractivity contribution is 4.58. The zero-order valence-electron chi connectivity index (χ0n) is 7.35. The molecule has 80 valence electrons. The van der Waals surface area contributed by atoms with Crippen molar-refractivity contribution in [3.05, 3.63) is 0 Å². The van der Waals surface area contributed by atoms with Gasteiger partial charge < -0.3 is 10.2 Å². The van der Waals surface area contributed by atoms with Crippen LogP contribution in [0.1, 0.15) is 32.1 Å². The molecule has 0 spiro atoms. The fraction of sp³-hybridized carbons (Fsp3) is 1.00. The molecule has 0 aromatic rings. The summed E-state index contributed by atoms with van der Waals surface area (Å²) in [7, 11) is 0. The maximum atomic E-state index is 11.6. The molecule has 0 fully saturated rings. The van der Waals surface area contributed by atoms with E-state index in [4.69, 9.17) is 10.2 Å². The first-order valence-electron chi connectivity index (χ1n) is 4.31. The van der Waals surface area contributed by atoms with Crippen LogP contribution in [-0.4, -0.2) is 29.1 Å². The Hall–Kier alpha value is -0.290. The summed E-state index contributed by atoms with van der Waals surface area (Å²) < 4.78 is 34.9. The summed E-state index contributed by atoms with van der Waals surface area (Å²) in [6.07, 6.45) is -4.77. The molecule has 1 unspecified atom stereocenters. The highest BCUT2D eigenvalue weighted by Crippen LogP contribution is 2.23. The third kappa shape index (κ3) is 9.63. The SMILES string of the molecule is OCCCC(O)CCCC(F)(F)F. The fourth-order valence-corrected chi connectivity index (χ4v) is 1.01. The van der Waals surface area contributed by atoms with Gasteiger partial charge in [0.25, 0.3) is 0 Å². The van der Waals surface area contributed by atoms with Crippen molar-refractivity contribution < 1.29 is 23.4 Å². The van der Waals surface area contributed by atoms with E-state index in [1.165, 1.54) is 0 Å². The van der Waals surface area contributed by atoms with Crippen molar-refractivity contribution in [1.82, 2.24) is 0 Å². The standard InChI is InChI=1S/C8H15F3O2/c9-8(10,11)5-1-3-7(13)4-2-6-12/h7,12-13H,1-6H2. The molecule has 0 saturated heterocycles. The largest absolute Gasteiger partial charge is 0.396 e. The van der Waals surface area contributed by atoms with Gasteiger partial charge in [0.05, 0.1) is 6.10 Å². The lowest BCUT2D eigenvalue weighted by atomic mass is 10.1. The van der Waals surface area contributed by atoms with Crippen molar-refractivity contribution in [1.29, 1.82) is 0 Å². The lowest BCUT2D eigenvalue weighted by Crippen LogP contribution is -2.11. The van der Waals surface area contributed by atoms with E-state index in [1.54, 1.807) is 0 Å². The minimum atomic E-state index is -4.13. The van der Waals surface area contributed by atoms with Gasteiger partial charge in [0, 0.05) is 13.0 Å². The van der Waals surface area contributed by atoms with Gasteiger partial charge in [-0.15, -0.1) is 0 Å². The summed E-state index contributed by atoms with van der Waals surface area (Å²) in [5.41, 5.74) is 0. The molecular weight excluding hydrogens is 185 g/mol. The van der Waals surface area contributed by atoms with Crippen LogP contribution in [-0.2, 0) is 0 Å². The molecule has 0 bridgehead atoms. The highest BCUT2D eigenvalue weighted by atomic mass is 19.4. The van der Waals surface area contributed by atoms with Gasteiger partial charge in [-0.25, -0.2) is 0 Å². The maximum absolute atomic E-state index is 11.6. The number of aliphatic hydroxyl groups excluding tert-OH is 2. The minimum Gasteiger partial charge on any atom is -0.396 e. The van der Waals surface area contributed by atoms with Gasteiger partial charge in [-0.05, 0) is 25.7 Å². The quantitative estimate of drug-likeness (QED) is 0.687. The highest BCUT2D eigenvalue weighted by Gasteiger charge is 2.26. The molecule has 0 rings (SSSR count). The average molecular weight is 200 g/mol. The van der Waals surface area contributed by atoms with Gasteiger partial charge in [-0.3, -0.25) is 0 Å². The van der Waals surface area contributed by atoms with E-state index in [0.717, 1.165) is 0 Å². The summed E-state index contributed by atoms with van der Waals surface area (Å²) in [5, 5.41) is 17.5. The summed E-state index contributed by atoms with van der Waals surface area (Å²) in [4.78, 5) is 0. The third-order valence-electron chi connectivity index (χ3n) is 1.69. The lowest BCUT2D eigenvalue weighted by molar-refractivity contribution is -0.136. The van der Waals surface area contributed by atoms with Crippen LogP contribution in [0.25, 0.3) is 0 Å². The monoisotopic (exact) mass is 200 g/mol. The van der Waals surface area contributed by atoms with Crippen molar-refractivity contribution in [3.63, 3.8) is 0 Å².